The monoisotopic (exact) mass is 741 g/mol. The standard InChI is InChI=1S/C40H51N7O5S/c1-8-45-33-14-13-26-18-28(33)29(36(45)27-11-9-15-41-35(27)25(4)51-7)20-40(5,6)22-52-38(49)30-12-10-16-46(44-30)37(48)31(19-34-42-32(26)21-53-34)43-39(50)47-23(2)17-24(47)3/h9,11,13-15,18,21,23-25,30-31,44H,8,10,12,16-17,19-20,22H2,1-7H3,(H,43,50)/t23-,24-,25+,30+,31+/m1/s1. The van der Waals surface area contributed by atoms with Crippen LogP contribution in [0.3, 0.4) is 0 Å². The lowest BCUT2D eigenvalue weighted by atomic mass is 9.84. The highest BCUT2D eigenvalue weighted by atomic mass is 32.1. The number of hydrogen-bond acceptors (Lipinski definition) is 9. The summed E-state index contributed by atoms with van der Waals surface area (Å²) in [6, 6.07) is 8.90. The molecule has 2 N–H and O–H groups in total. The number of carbonyl (C=O) groups is 3. The number of aryl methyl sites for hydroxylation is 1. The molecule has 3 amide bonds. The number of hydrogen-bond donors (Lipinski definition) is 2. The van der Waals surface area contributed by atoms with Crippen molar-refractivity contribution < 1.29 is 23.9 Å². The fraction of sp³-hybridized carbons (Fsp3) is 0.525. The van der Waals surface area contributed by atoms with E-state index in [0.717, 1.165) is 62.6 Å². The number of ether oxygens (including phenoxy) is 2. The van der Waals surface area contributed by atoms with Crippen molar-refractivity contribution in [2.45, 2.75) is 110 Å². The van der Waals surface area contributed by atoms with Crippen molar-refractivity contribution in [3.63, 3.8) is 0 Å². The summed E-state index contributed by atoms with van der Waals surface area (Å²) in [6.07, 6.45) is 4.51. The van der Waals surface area contributed by atoms with Gasteiger partial charge in [-0.2, -0.15) is 0 Å². The van der Waals surface area contributed by atoms with Crippen molar-refractivity contribution in [2.75, 3.05) is 20.3 Å². The maximum Gasteiger partial charge on any atom is 0.324 e. The second kappa shape index (κ2) is 14.8. The molecule has 6 bridgehead atoms. The summed E-state index contributed by atoms with van der Waals surface area (Å²) in [5.74, 6) is -0.695. The molecule has 0 aliphatic carbocycles. The number of fused-ring (bicyclic) bond motifs is 6. The van der Waals surface area contributed by atoms with Crippen molar-refractivity contribution in [3.8, 4) is 22.5 Å². The van der Waals surface area contributed by atoms with Crippen molar-refractivity contribution in [1.29, 1.82) is 0 Å². The molecule has 3 aromatic heterocycles. The fourth-order valence-corrected chi connectivity index (χ4v) is 9.06. The van der Waals surface area contributed by atoms with Gasteiger partial charge >= 0.3 is 12.0 Å². The highest BCUT2D eigenvalue weighted by Crippen LogP contribution is 2.42. The number of carbonyl (C=O) groups excluding carboxylic acids is 3. The van der Waals surface area contributed by atoms with Gasteiger partial charge < -0.3 is 24.3 Å². The molecule has 2 fully saturated rings. The third kappa shape index (κ3) is 7.18. The Kier molecular flexibility index (Phi) is 10.4. The number of esters is 1. The molecule has 2 saturated heterocycles. The third-order valence-electron chi connectivity index (χ3n) is 11.0. The van der Waals surface area contributed by atoms with Gasteiger partial charge in [0.05, 0.1) is 34.8 Å². The van der Waals surface area contributed by atoms with Gasteiger partial charge in [-0.05, 0) is 83.2 Å². The van der Waals surface area contributed by atoms with Gasteiger partial charge in [-0.3, -0.25) is 19.6 Å². The van der Waals surface area contributed by atoms with Crippen molar-refractivity contribution >= 4 is 40.1 Å². The summed E-state index contributed by atoms with van der Waals surface area (Å²) < 4.78 is 14.2. The summed E-state index contributed by atoms with van der Waals surface area (Å²) in [4.78, 5) is 52.9. The van der Waals surface area contributed by atoms with Gasteiger partial charge in [0.1, 0.15) is 12.1 Å². The first-order valence-electron chi connectivity index (χ1n) is 18.8. The number of rotatable bonds is 5. The van der Waals surface area contributed by atoms with Crippen LogP contribution < -0.4 is 10.7 Å². The minimum Gasteiger partial charge on any atom is -0.464 e. The number of amides is 3. The van der Waals surface area contributed by atoms with Gasteiger partial charge in [0.15, 0.2) is 0 Å². The topological polar surface area (TPSA) is 131 Å². The van der Waals surface area contributed by atoms with Crippen LogP contribution in [0.25, 0.3) is 33.4 Å². The molecule has 0 spiro atoms. The SMILES string of the molecule is CCn1c(-c2cccnc2[C@H](C)OC)c2c3cc(ccc31)-c1csc(n1)C[C@H](NC(=O)N1[C@H](C)C[C@H]1C)C(=O)N1CCC[C@H](N1)C(=O)OCC(C)(C)C2. The van der Waals surface area contributed by atoms with E-state index in [0.29, 0.717) is 25.8 Å². The molecule has 6 heterocycles. The van der Waals surface area contributed by atoms with Crippen LogP contribution in [0.5, 0.6) is 0 Å². The van der Waals surface area contributed by atoms with Crippen LogP contribution in [-0.4, -0.2) is 86.8 Å². The largest absolute Gasteiger partial charge is 0.464 e. The Balaban J connectivity index is 1.35. The van der Waals surface area contributed by atoms with Crippen molar-refractivity contribution in [3.05, 3.63) is 58.2 Å². The fourth-order valence-electron chi connectivity index (χ4n) is 8.21. The molecule has 7 rings (SSSR count). The number of likely N-dealkylation sites (tertiary alicyclic amines) is 1. The number of urea groups is 1. The smallest absolute Gasteiger partial charge is 0.324 e. The minimum atomic E-state index is -0.875. The number of pyridine rings is 1. The van der Waals surface area contributed by atoms with E-state index in [2.05, 4.69) is 60.3 Å². The molecule has 5 atom stereocenters. The second-order valence-corrected chi connectivity index (χ2v) is 16.5. The van der Waals surface area contributed by atoms with Crippen LogP contribution in [0.2, 0.25) is 0 Å². The molecule has 0 radical (unpaired) electrons. The molecular weight excluding hydrogens is 691 g/mol. The van der Waals surface area contributed by atoms with E-state index in [9.17, 15) is 14.4 Å². The first-order chi connectivity index (χ1) is 25.4. The summed E-state index contributed by atoms with van der Waals surface area (Å²) in [5.41, 5.74) is 9.65. The second-order valence-electron chi connectivity index (χ2n) is 15.6. The lowest BCUT2D eigenvalue weighted by Gasteiger charge is -2.45. The Labute approximate surface area is 315 Å². The van der Waals surface area contributed by atoms with E-state index in [1.54, 1.807) is 18.2 Å². The highest BCUT2D eigenvalue weighted by Gasteiger charge is 2.40. The van der Waals surface area contributed by atoms with Gasteiger partial charge in [-0.1, -0.05) is 19.9 Å². The number of methoxy groups -OCH3 is 1. The zero-order valence-corrected chi connectivity index (χ0v) is 32.6. The summed E-state index contributed by atoms with van der Waals surface area (Å²) >= 11 is 1.48. The Hall–Kier alpha value is -4.33. The van der Waals surface area contributed by atoms with E-state index in [-0.39, 0.29) is 43.2 Å². The normalized spacial score (nSPS) is 24.0. The number of nitrogens with zero attached hydrogens (tertiary/aromatic N) is 5. The lowest BCUT2D eigenvalue weighted by Crippen LogP contribution is -2.64. The van der Waals surface area contributed by atoms with E-state index < -0.39 is 23.5 Å². The minimum absolute atomic E-state index is 0.0957. The van der Waals surface area contributed by atoms with Crippen LogP contribution in [0.15, 0.2) is 41.9 Å². The number of hydrazine groups is 1. The first-order valence-corrected chi connectivity index (χ1v) is 19.7. The number of nitrogens with one attached hydrogen (secondary N) is 2. The predicted octanol–water partition coefficient (Wildman–Crippen LogP) is 6.28. The average molecular weight is 742 g/mol. The molecule has 53 heavy (non-hydrogen) atoms. The molecule has 12 nitrogen and oxygen atoms in total. The molecule has 4 aromatic rings. The third-order valence-corrected chi connectivity index (χ3v) is 11.9. The van der Waals surface area contributed by atoms with Gasteiger partial charge in [0.2, 0.25) is 0 Å². The van der Waals surface area contributed by atoms with E-state index in [1.807, 2.05) is 32.2 Å². The summed E-state index contributed by atoms with van der Waals surface area (Å²) in [6.45, 7) is 13.8. The van der Waals surface area contributed by atoms with Gasteiger partial charge in [-0.25, -0.2) is 15.2 Å². The maximum absolute atomic E-state index is 14.2. The Morgan fingerprint density at radius 1 is 1.21 bits per heavy atom. The predicted molar refractivity (Wildman–Crippen MR) is 205 cm³/mol. The Morgan fingerprint density at radius 2 is 2.00 bits per heavy atom. The molecule has 1 aromatic carbocycles. The quantitative estimate of drug-likeness (QED) is 0.229. The number of thiazole rings is 1. The Bertz CT molecular complexity index is 2010. The number of benzene rings is 1. The molecule has 3 aliphatic rings. The van der Waals surface area contributed by atoms with Gasteiger partial charge in [0.25, 0.3) is 5.91 Å². The van der Waals surface area contributed by atoms with Crippen LogP contribution in [0.4, 0.5) is 4.79 Å². The van der Waals surface area contributed by atoms with Crippen LogP contribution >= 0.6 is 11.3 Å². The summed E-state index contributed by atoms with van der Waals surface area (Å²) in [7, 11) is 1.70. The van der Waals surface area contributed by atoms with Gasteiger partial charge in [0, 0.05) is 77.7 Å². The molecular formula is C40H51N7O5S. The first kappa shape index (κ1) is 37.0. The van der Waals surface area contributed by atoms with Crippen LogP contribution in [0.1, 0.15) is 83.2 Å². The lowest BCUT2D eigenvalue weighted by molar-refractivity contribution is -0.155. The highest BCUT2D eigenvalue weighted by molar-refractivity contribution is 7.10. The zero-order valence-electron chi connectivity index (χ0n) is 31.8. The molecule has 3 aliphatic heterocycles. The molecule has 0 unspecified atom stereocenters. The Morgan fingerprint density at radius 3 is 2.74 bits per heavy atom. The van der Waals surface area contributed by atoms with E-state index in [1.165, 1.54) is 16.3 Å². The van der Waals surface area contributed by atoms with Crippen molar-refractivity contribution in [2.24, 2.45) is 5.41 Å². The number of aromatic nitrogens is 3. The maximum atomic E-state index is 14.2. The average Bonchev–Trinajstić information content (AvgIpc) is 3.74. The molecule has 282 valence electrons. The van der Waals surface area contributed by atoms with E-state index >= 15 is 0 Å². The number of cyclic esters (lactones) is 1. The van der Waals surface area contributed by atoms with Crippen LogP contribution in [0, 0.1) is 5.41 Å². The van der Waals surface area contributed by atoms with E-state index in [4.69, 9.17) is 19.4 Å². The summed E-state index contributed by atoms with van der Waals surface area (Å²) in [5, 5.41) is 8.37. The molecule has 13 heteroatoms. The van der Waals surface area contributed by atoms with Crippen molar-refractivity contribution in [1.82, 2.24) is 35.2 Å². The molecule has 0 saturated carbocycles. The van der Waals surface area contributed by atoms with Crippen LogP contribution in [-0.2, 0) is 38.4 Å². The van der Waals surface area contributed by atoms with Gasteiger partial charge in [-0.15, -0.1) is 11.3 Å². The zero-order chi connectivity index (χ0) is 37.6.